The minimum atomic E-state index is -0.383. The first-order valence-corrected chi connectivity index (χ1v) is 8.04. The van der Waals surface area contributed by atoms with Gasteiger partial charge in [0.1, 0.15) is 0 Å². The summed E-state index contributed by atoms with van der Waals surface area (Å²) in [5.41, 5.74) is 5.31. The summed E-state index contributed by atoms with van der Waals surface area (Å²) >= 11 is 0. The first kappa shape index (κ1) is 17.1. The van der Waals surface area contributed by atoms with Gasteiger partial charge in [0.2, 0.25) is 5.91 Å². The van der Waals surface area contributed by atoms with Crippen molar-refractivity contribution < 1.29 is 19.1 Å². The van der Waals surface area contributed by atoms with E-state index >= 15 is 0 Å². The van der Waals surface area contributed by atoms with Crippen molar-refractivity contribution in [2.45, 2.75) is 39.0 Å². The van der Waals surface area contributed by atoms with Gasteiger partial charge in [0.05, 0.1) is 13.7 Å². The molecule has 0 spiro atoms. The monoisotopic (exact) mass is 320 g/mol. The molecule has 6 nitrogen and oxygen atoms in total. The van der Waals surface area contributed by atoms with Gasteiger partial charge in [-0.3, -0.25) is 20.4 Å². The van der Waals surface area contributed by atoms with Crippen molar-refractivity contribution in [1.29, 1.82) is 0 Å². The molecule has 2 amide bonds. The summed E-state index contributed by atoms with van der Waals surface area (Å²) in [6.45, 7) is 2.39. The van der Waals surface area contributed by atoms with Gasteiger partial charge >= 0.3 is 0 Å². The van der Waals surface area contributed by atoms with Gasteiger partial charge in [-0.05, 0) is 43.9 Å². The summed E-state index contributed by atoms with van der Waals surface area (Å²) in [5, 5.41) is 0. The predicted octanol–water partition coefficient (Wildman–Crippen LogP) is 2.44. The van der Waals surface area contributed by atoms with E-state index in [1.807, 2.05) is 6.92 Å². The predicted molar refractivity (Wildman–Crippen MR) is 86.3 cm³/mol. The van der Waals surface area contributed by atoms with Crippen molar-refractivity contribution in [3.05, 3.63) is 23.8 Å². The van der Waals surface area contributed by atoms with E-state index in [0.29, 0.717) is 36.0 Å². The fourth-order valence-electron chi connectivity index (χ4n) is 2.81. The molecule has 1 aliphatic rings. The third-order valence-electron chi connectivity index (χ3n) is 3.99. The van der Waals surface area contributed by atoms with Crippen LogP contribution in [0.2, 0.25) is 0 Å². The van der Waals surface area contributed by atoms with Gasteiger partial charge in [0, 0.05) is 12.0 Å². The molecule has 0 heterocycles. The molecule has 1 aromatic rings. The molecular weight excluding hydrogens is 296 g/mol. The number of hydrogen-bond donors (Lipinski definition) is 2. The van der Waals surface area contributed by atoms with Gasteiger partial charge in [-0.1, -0.05) is 12.8 Å². The van der Waals surface area contributed by atoms with Crippen LogP contribution in [0.3, 0.4) is 0 Å². The zero-order valence-electron chi connectivity index (χ0n) is 13.7. The van der Waals surface area contributed by atoms with Crippen LogP contribution in [0.5, 0.6) is 11.5 Å². The van der Waals surface area contributed by atoms with Gasteiger partial charge < -0.3 is 9.47 Å². The van der Waals surface area contributed by atoms with Crippen molar-refractivity contribution in [3.8, 4) is 11.5 Å². The van der Waals surface area contributed by atoms with Crippen LogP contribution >= 0.6 is 0 Å². The van der Waals surface area contributed by atoms with E-state index in [4.69, 9.17) is 9.47 Å². The van der Waals surface area contributed by atoms with E-state index in [0.717, 1.165) is 12.8 Å². The topological polar surface area (TPSA) is 76.7 Å². The van der Waals surface area contributed by atoms with Gasteiger partial charge in [-0.25, -0.2) is 0 Å². The molecule has 0 aliphatic heterocycles. The molecule has 0 radical (unpaired) electrons. The van der Waals surface area contributed by atoms with E-state index < -0.39 is 0 Å². The number of methoxy groups -OCH3 is 1. The molecule has 0 bridgehead atoms. The van der Waals surface area contributed by atoms with Crippen molar-refractivity contribution >= 4 is 11.8 Å². The summed E-state index contributed by atoms with van der Waals surface area (Å²) in [6, 6.07) is 4.90. The first-order chi connectivity index (χ1) is 11.1. The lowest BCUT2D eigenvalue weighted by Crippen LogP contribution is -2.42. The quantitative estimate of drug-likeness (QED) is 0.789. The number of carbonyl (C=O) groups is 2. The summed E-state index contributed by atoms with van der Waals surface area (Å²) in [7, 11) is 1.52. The van der Waals surface area contributed by atoms with Crippen LogP contribution in [-0.4, -0.2) is 25.5 Å². The van der Waals surface area contributed by atoms with Gasteiger partial charge in [0.25, 0.3) is 5.91 Å². The largest absolute Gasteiger partial charge is 0.493 e. The molecular formula is C17H24N2O4. The van der Waals surface area contributed by atoms with Crippen LogP contribution < -0.4 is 20.3 Å². The molecule has 126 valence electrons. The molecule has 0 atom stereocenters. The summed E-state index contributed by atoms with van der Waals surface area (Å²) < 4.78 is 10.6. The third-order valence-corrected chi connectivity index (χ3v) is 3.99. The molecule has 0 saturated heterocycles. The Morgan fingerprint density at radius 2 is 1.91 bits per heavy atom. The molecule has 0 aromatic heterocycles. The fraction of sp³-hybridized carbons (Fsp3) is 0.529. The zero-order valence-corrected chi connectivity index (χ0v) is 13.7. The Labute approximate surface area is 136 Å². The summed E-state index contributed by atoms with van der Waals surface area (Å²) in [4.78, 5) is 23.9. The minimum absolute atomic E-state index is 0.150. The van der Waals surface area contributed by atoms with Gasteiger partial charge in [-0.2, -0.15) is 0 Å². The number of nitrogens with one attached hydrogen (secondary N) is 2. The lowest BCUT2D eigenvalue weighted by molar-refractivity contribution is -0.122. The average molecular weight is 320 g/mol. The lowest BCUT2D eigenvalue weighted by atomic mass is 10.0. The molecule has 1 fully saturated rings. The van der Waals surface area contributed by atoms with Gasteiger partial charge in [0.15, 0.2) is 11.5 Å². The van der Waals surface area contributed by atoms with Crippen LogP contribution in [-0.2, 0) is 4.79 Å². The van der Waals surface area contributed by atoms with Crippen LogP contribution in [0, 0.1) is 5.92 Å². The van der Waals surface area contributed by atoms with E-state index in [9.17, 15) is 9.59 Å². The van der Waals surface area contributed by atoms with Crippen molar-refractivity contribution in [2.24, 2.45) is 5.92 Å². The number of carbonyl (C=O) groups excluding carboxylic acids is 2. The molecule has 1 aromatic carbocycles. The molecule has 0 unspecified atom stereocenters. The van der Waals surface area contributed by atoms with Gasteiger partial charge in [-0.15, -0.1) is 0 Å². The normalized spacial score (nSPS) is 14.3. The number of ether oxygens (including phenoxy) is 2. The fourth-order valence-corrected chi connectivity index (χ4v) is 2.81. The Morgan fingerprint density at radius 3 is 2.57 bits per heavy atom. The van der Waals surface area contributed by atoms with Crippen molar-refractivity contribution in [2.75, 3.05) is 13.7 Å². The number of benzene rings is 1. The Bertz CT molecular complexity index is 554. The first-order valence-electron chi connectivity index (χ1n) is 8.04. The average Bonchev–Trinajstić information content (AvgIpc) is 3.06. The summed E-state index contributed by atoms with van der Waals surface area (Å²) in [6.07, 6.45) is 5.04. The number of rotatable bonds is 6. The highest BCUT2D eigenvalue weighted by atomic mass is 16.5. The minimum Gasteiger partial charge on any atom is -0.493 e. The smallest absolute Gasteiger partial charge is 0.269 e. The molecule has 23 heavy (non-hydrogen) atoms. The third kappa shape index (κ3) is 4.87. The van der Waals surface area contributed by atoms with Crippen molar-refractivity contribution in [1.82, 2.24) is 10.9 Å². The van der Waals surface area contributed by atoms with E-state index in [2.05, 4.69) is 10.9 Å². The zero-order chi connectivity index (χ0) is 16.7. The number of hydrogen-bond acceptors (Lipinski definition) is 4. The van der Waals surface area contributed by atoms with E-state index in [1.54, 1.807) is 18.2 Å². The Kier molecular flexibility index (Phi) is 6.26. The second-order valence-electron chi connectivity index (χ2n) is 5.66. The lowest BCUT2D eigenvalue weighted by Gasteiger charge is -2.12. The molecule has 1 saturated carbocycles. The second kappa shape index (κ2) is 8.41. The maximum atomic E-state index is 12.1. The maximum absolute atomic E-state index is 12.1. The molecule has 6 heteroatoms. The SMILES string of the molecule is CCOc1ccc(C(=O)NNC(=O)CC2CCCC2)cc1OC. The van der Waals surface area contributed by atoms with Crippen LogP contribution in [0.4, 0.5) is 0 Å². The highest BCUT2D eigenvalue weighted by molar-refractivity contribution is 5.96. The Morgan fingerprint density at radius 1 is 1.17 bits per heavy atom. The molecule has 2 N–H and O–H groups in total. The second-order valence-corrected chi connectivity index (χ2v) is 5.66. The van der Waals surface area contributed by atoms with E-state index in [1.165, 1.54) is 20.0 Å². The highest BCUT2D eigenvalue weighted by Gasteiger charge is 2.19. The summed E-state index contributed by atoms with van der Waals surface area (Å²) in [5.74, 6) is 0.973. The standard InChI is InChI=1S/C17H24N2O4/c1-3-23-14-9-8-13(11-15(14)22-2)17(21)19-18-16(20)10-12-6-4-5-7-12/h8-9,11-12H,3-7,10H2,1-2H3,(H,18,20)(H,19,21). The number of amides is 2. The Hall–Kier alpha value is -2.24. The Balaban J connectivity index is 1.88. The van der Waals surface area contributed by atoms with Crippen LogP contribution in [0.25, 0.3) is 0 Å². The van der Waals surface area contributed by atoms with Crippen LogP contribution in [0.15, 0.2) is 18.2 Å². The highest BCUT2D eigenvalue weighted by Crippen LogP contribution is 2.28. The van der Waals surface area contributed by atoms with Crippen molar-refractivity contribution in [3.63, 3.8) is 0 Å². The van der Waals surface area contributed by atoms with Crippen LogP contribution in [0.1, 0.15) is 49.4 Å². The number of hydrazine groups is 1. The molecule has 1 aliphatic carbocycles. The molecule has 2 rings (SSSR count). The van der Waals surface area contributed by atoms with E-state index in [-0.39, 0.29) is 11.8 Å². The maximum Gasteiger partial charge on any atom is 0.269 e.